The van der Waals surface area contributed by atoms with Crippen molar-refractivity contribution in [3.63, 3.8) is 0 Å². The Hall–Kier alpha value is -1.55. The van der Waals surface area contributed by atoms with Crippen molar-refractivity contribution in [2.45, 2.75) is 32.9 Å². The van der Waals surface area contributed by atoms with Gasteiger partial charge in [0.1, 0.15) is 0 Å². The van der Waals surface area contributed by atoms with Crippen LogP contribution in [-0.2, 0) is 4.74 Å². The molecule has 0 spiro atoms. The molecular weight excluding hydrogens is 218 g/mol. The van der Waals surface area contributed by atoms with Gasteiger partial charge in [0.15, 0.2) is 0 Å². The largest absolute Gasteiger partial charge is 0.478 e. The van der Waals surface area contributed by atoms with Gasteiger partial charge in [0.2, 0.25) is 0 Å². The zero-order chi connectivity index (χ0) is 13.0. The Morgan fingerprint density at radius 1 is 1.41 bits per heavy atom. The van der Waals surface area contributed by atoms with E-state index in [1.54, 1.807) is 26.2 Å². The van der Waals surface area contributed by atoms with Gasteiger partial charge < -0.3 is 15.2 Å². The van der Waals surface area contributed by atoms with Crippen LogP contribution in [0.2, 0.25) is 0 Å². The zero-order valence-electron chi connectivity index (χ0n) is 10.7. The molecule has 0 radical (unpaired) electrons. The average Bonchev–Trinajstić information content (AvgIpc) is 2.30. The quantitative estimate of drug-likeness (QED) is 0.826. The standard InChI is InChI=1S/C13H19NO3/c1-8-11(13(15)16)6-5-7-12(8)14-9(2)10(3)17-4/h5-7,9-10,14H,1-4H3,(H,15,16). The number of nitrogens with one attached hydrogen (secondary N) is 1. The molecule has 2 unspecified atom stereocenters. The zero-order valence-corrected chi connectivity index (χ0v) is 10.7. The number of carbonyl (C=O) groups is 1. The Kier molecular flexibility index (Phi) is 4.52. The van der Waals surface area contributed by atoms with Crippen molar-refractivity contribution in [3.8, 4) is 0 Å². The summed E-state index contributed by atoms with van der Waals surface area (Å²) in [6, 6.07) is 5.33. The molecule has 0 aromatic heterocycles. The predicted octanol–water partition coefficient (Wildman–Crippen LogP) is 2.53. The maximum absolute atomic E-state index is 11.0. The van der Waals surface area contributed by atoms with Gasteiger partial charge in [-0.2, -0.15) is 0 Å². The molecule has 0 amide bonds. The number of hydrogen-bond acceptors (Lipinski definition) is 3. The highest BCUT2D eigenvalue weighted by Gasteiger charge is 2.14. The van der Waals surface area contributed by atoms with Crippen molar-refractivity contribution in [2.75, 3.05) is 12.4 Å². The maximum atomic E-state index is 11.0. The SMILES string of the molecule is COC(C)C(C)Nc1cccc(C(=O)O)c1C. The minimum Gasteiger partial charge on any atom is -0.478 e. The first-order valence-electron chi connectivity index (χ1n) is 5.59. The van der Waals surface area contributed by atoms with Gasteiger partial charge in [0, 0.05) is 18.8 Å². The van der Waals surface area contributed by atoms with Crippen LogP contribution in [-0.4, -0.2) is 30.3 Å². The highest BCUT2D eigenvalue weighted by Crippen LogP contribution is 2.20. The van der Waals surface area contributed by atoms with Crippen molar-refractivity contribution in [2.24, 2.45) is 0 Å². The number of rotatable bonds is 5. The van der Waals surface area contributed by atoms with E-state index in [2.05, 4.69) is 5.32 Å². The number of aromatic carboxylic acids is 1. The monoisotopic (exact) mass is 237 g/mol. The lowest BCUT2D eigenvalue weighted by atomic mass is 10.1. The molecular formula is C13H19NO3. The van der Waals surface area contributed by atoms with Crippen LogP contribution in [0.5, 0.6) is 0 Å². The van der Waals surface area contributed by atoms with Crippen LogP contribution in [0.1, 0.15) is 29.8 Å². The second-order valence-corrected chi connectivity index (χ2v) is 4.16. The lowest BCUT2D eigenvalue weighted by molar-refractivity contribution is 0.0696. The van der Waals surface area contributed by atoms with E-state index < -0.39 is 5.97 Å². The van der Waals surface area contributed by atoms with Gasteiger partial charge in [-0.3, -0.25) is 0 Å². The molecule has 0 heterocycles. The summed E-state index contributed by atoms with van der Waals surface area (Å²) in [5.74, 6) is -0.904. The lowest BCUT2D eigenvalue weighted by Crippen LogP contribution is -2.30. The smallest absolute Gasteiger partial charge is 0.336 e. The molecule has 0 bridgehead atoms. The molecule has 2 N–H and O–H groups in total. The Labute approximate surface area is 102 Å². The minimum absolute atomic E-state index is 0.0582. The Bertz CT molecular complexity index is 404. The van der Waals surface area contributed by atoms with Gasteiger partial charge in [0.05, 0.1) is 11.7 Å². The molecule has 2 atom stereocenters. The molecule has 1 rings (SSSR count). The van der Waals surface area contributed by atoms with Crippen LogP contribution in [0.3, 0.4) is 0 Å². The number of methoxy groups -OCH3 is 1. The summed E-state index contributed by atoms with van der Waals surface area (Å²) >= 11 is 0. The third kappa shape index (κ3) is 3.20. The van der Waals surface area contributed by atoms with Crippen LogP contribution in [0.4, 0.5) is 5.69 Å². The summed E-state index contributed by atoms with van der Waals surface area (Å²) in [7, 11) is 1.66. The topological polar surface area (TPSA) is 58.6 Å². The molecule has 0 aliphatic carbocycles. The Morgan fingerprint density at radius 3 is 2.59 bits per heavy atom. The average molecular weight is 237 g/mol. The summed E-state index contributed by atoms with van der Waals surface area (Å²) in [6.07, 6.45) is 0.0582. The van der Waals surface area contributed by atoms with Crippen LogP contribution in [0, 0.1) is 6.92 Å². The molecule has 17 heavy (non-hydrogen) atoms. The summed E-state index contributed by atoms with van der Waals surface area (Å²) < 4.78 is 5.22. The predicted molar refractivity (Wildman–Crippen MR) is 67.7 cm³/mol. The summed E-state index contributed by atoms with van der Waals surface area (Å²) in [5.41, 5.74) is 1.91. The lowest BCUT2D eigenvalue weighted by Gasteiger charge is -2.22. The van der Waals surface area contributed by atoms with Crippen LogP contribution >= 0.6 is 0 Å². The fraction of sp³-hybridized carbons (Fsp3) is 0.462. The second kappa shape index (κ2) is 5.68. The number of benzene rings is 1. The molecule has 4 heteroatoms. The van der Waals surface area contributed by atoms with E-state index in [1.807, 2.05) is 19.9 Å². The van der Waals surface area contributed by atoms with Gasteiger partial charge in [-0.1, -0.05) is 6.07 Å². The fourth-order valence-electron chi connectivity index (χ4n) is 1.59. The summed E-state index contributed by atoms with van der Waals surface area (Å²) in [5, 5.41) is 12.3. The van der Waals surface area contributed by atoms with E-state index in [0.717, 1.165) is 11.3 Å². The van der Waals surface area contributed by atoms with Crippen molar-refractivity contribution >= 4 is 11.7 Å². The highest BCUT2D eigenvalue weighted by molar-refractivity contribution is 5.91. The van der Waals surface area contributed by atoms with Crippen LogP contribution < -0.4 is 5.32 Å². The van der Waals surface area contributed by atoms with E-state index in [9.17, 15) is 4.79 Å². The van der Waals surface area contributed by atoms with E-state index in [1.165, 1.54) is 0 Å². The van der Waals surface area contributed by atoms with Crippen LogP contribution in [0.25, 0.3) is 0 Å². The van der Waals surface area contributed by atoms with Crippen LogP contribution in [0.15, 0.2) is 18.2 Å². The first-order chi connectivity index (χ1) is 7.97. The number of carboxylic acid groups (broad SMARTS) is 1. The molecule has 4 nitrogen and oxygen atoms in total. The third-order valence-electron chi connectivity index (χ3n) is 3.02. The van der Waals surface area contributed by atoms with E-state index in [-0.39, 0.29) is 12.1 Å². The van der Waals surface area contributed by atoms with Gasteiger partial charge in [-0.15, -0.1) is 0 Å². The maximum Gasteiger partial charge on any atom is 0.336 e. The molecule has 0 saturated heterocycles. The van der Waals surface area contributed by atoms with E-state index in [4.69, 9.17) is 9.84 Å². The number of carboxylic acids is 1. The molecule has 0 saturated carbocycles. The number of anilines is 1. The highest BCUT2D eigenvalue weighted by atomic mass is 16.5. The van der Waals surface area contributed by atoms with Crippen molar-refractivity contribution in [1.82, 2.24) is 0 Å². The normalized spacial score (nSPS) is 14.1. The van der Waals surface area contributed by atoms with Crippen molar-refractivity contribution < 1.29 is 14.6 Å². The Morgan fingerprint density at radius 2 is 2.06 bits per heavy atom. The van der Waals surface area contributed by atoms with E-state index in [0.29, 0.717) is 5.56 Å². The molecule has 0 aliphatic rings. The van der Waals surface area contributed by atoms with Gasteiger partial charge in [-0.25, -0.2) is 4.79 Å². The Balaban J connectivity index is 2.92. The molecule has 1 aromatic carbocycles. The van der Waals surface area contributed by atoms with Gasteiger partial charge in [-0.05, 0) is 38.5 Å². The third-order valence-corrected chi connectivity index (χ3v) is 3.02. The first kappa shape index (κ1) is 13.5. The van der Waals surface area contributed by atoms with Gasteiger partial charge in [0.25, 0.3) is 0 Å². The number of hydrogen-bond donors (Lipinski definition) is 2. The summed E-state index contributed by atoms with van der Waals surface area (Å²) in [6.45, 7) is 5.77. The summed E-state index contributed by atoms with van der Waals surface area (Å²) in [4.78, 5) is 11.0. The molecule has 0 fully saturated rings. The minimum atomic E-state index is -0.904. The molecule has 0 aliphatic heterocycles. The van der Waals surface area contributed by atoms with Gasteiger partial charge >= 0.3 is 5.97 Å². The molecule has 94 valence electrons. The van der Waals surface area contributed by atoms with E-state index >= 15 is 0 Å². The fourth-order valence-corrected chi connectivity index (χ4v) is 1.59. The van der Waals surface area contributed by atoms with Crippen molar-refractivity contribution in [3.05, 3.63) is 29.3 Å². The van der Waals surface area contributed by atoms with Crippen molar-refractivity contribution in [1.29, 1.82) is 0 Å². The first-order valence-corrected chi connectivity index (χ1v) is 5.59. The molecule has 1 aromatic rings. The second-order valence-electron chi connectivity index (χ2n) is 4.16. The number of ether oxygens (including phenoxy) is 1.